The minimum atomic E-state index is -0.740. The van der Waals surface area contributed by atoms with Crippen molar-refractivity contribution in [2.75, 3.05) is 33.9 Å². The molecule has 0 unspecified atom stereocenters. The first kappa shape index (κ1) is 23.4. The highest BCUT2D eigenvalue weighted by Gasteiger charge is 2.43. The van der Waals surface area contributed by atoms with E-state index in [1.807, 2.05) is 12.1 Å². The lowest BCUT2D eigenvalue weighted by Gasteiger charge is -2.32. The standard InChI is InChI=1S/C24H24ClN3O6/c1-32-18-8-7-14(11-19(18)33-2)9-10-26-20(29)12-28-17-13-34-23(30)21(17)22(27-24(28)31)15-5-3-4-6-16(15)25/h3-8,11,22H,9-10,12-13H2,1-2H3,(H,26,29)(H,27,31)/t22-/m0/s1. The largest absolute Gasteiger partial charge is 0.493 e. The summed E-state index contributed by atoms with van der Waals surface area (Å²) >= 11 is 6.29. The van der Waals surface area contributed by atoms with Crippen LogP contribution < -0.4 is 20.1 Å². The van der Waals surface area contributed by atoms with Gasteiger partial charge in [-0.05, 0) is 35.7 Å². The molecule has 2 aliphatic heterocycles. The van der Waals surface area contributed by atoms with Crippen molar-refractivity contribution in [2.45, 2.75) is 12.5 Å². The minimum absolute atomic E-state index is 0.0819. The lowest BCUT2D eigenvalue weighted by molar-refractivity contribution is -0.136. The topological polar surface area (TPSA) is 106 Å². The van der Waals surface area contributed by atoms with Crippen LogP contribution in [0, 0.1) is 0 Å². The molecule has 10 heteroatoms. The quantitative estimate of drug-likeness (QED) is 0.557. The normalized spacial score (nSPS) is 17.1. The number of methoxy groups -OCH3 is 2. The van der Waals surface area contributed by atoms with E-state index in [-0.39, 0.29) is 24.6 Å². The second-order valence-corrected chi connectivity index (χ2v) is 8.12. The Balaban J connectivity index is 1.43. The molecular formula is C24H24ClN3O6. The molecule has 4 rings (SSSR count). The number of hydrogen-bond acceptors (Lipinski definition) is 6. The summed E-state index contributed by atoms with van der Waals surface area (Å²) in [6.45, 7) is 0.0251. The summed E-state index contributed by atoms with van der Waals surface area (Å²) < 4.78 is 15.7. The van der Waals surface area contributed by atoms with E-state index in [2.05, 4.69) is 10.6 Å². The summed E-state index contributed by atoms with van der Waals surface area (Å²) in [6.07, 6.45) is 0.558. The molecule has 9 nitrogen and oxygen atoms in total. The van der Waals surface area contributed by atoms with E-state index >= 15 is 0 Å². The monoisotopic (exact) mass is 485 g/mol. The van der Waals surface area contributed by atoms with Gasteiger partial charge in [-0.2, -0.15) is 0 Å². The van der Waals surface area contributed by atoms with Gasteiger partial charge in [0.05, 0.1) is 31.5 Å². The molecule has 0 radical (unpaired) electrons. The van der Waals surface area contributed by atoms with E-state index in [9.17, 15) is 14.4 Å². The van der Waals surface area contributed by atoms with Gasteiger partial charge in [-0.3, -0.25) is 9.69 Å². The van der Waals surface area contributed by atoms with Gasteiger partial charge in [-0.25, -0.2) is 9.59 Å². The van der Waals surface area contributed by atoms with Crippen LogP contribution in [0.15, 0.2) is 53.7 Å². The highest BCUT2D eigenvalue weighted by atomic mass is 35.5. The summed E-state index contributed by atoms with van der Waals surface area (Å²) in [4.78, 5) is 39.1. The average Bonchev–Trinajstić information content (AvgIpc) is 3.22. The summed E-state index contributed by atoms with van der Waals surface area (Å²) in [5, 5.41) is 6.00. The SMILES string of the molecule is COc1ccc(CCNC(=O)CN2C(=O)N[C@@H](c3ccccc3Cl)C3=C2COC3=O)cc1OC. The number of nitrogens with one attached hydrogen (secondary N) is 2. The number of cyclic esters (lactones) is 1. The van der Waals surface area contributed by atoms with E-state index in [0.717, 1.165) is 5.56 Å². The van der Waals surface area contributed by atoms with Gasteiger partial charge in [-0.15, -0.1) is 0 Å². The lowest BCUT2D eigenvalue weighted by Crippen LogP contribution is -2.50. The fourth-order valence-electron chi connectivity index (χ4n) is 4.00. The third kappa shape index (κ3) is 4.65. The van der Waals surface area contributed by atoms with Gasteiger partial charge in [0.25, 0.3) is 0 Å². The van der Waals surface area contributed by atoms with Gasteiger partial charge in [-0.1, -0.05) is 35.9 Å². The number of halogens is 1. The van der Waals surface area contributed by atoms with Gasteiger partial charge < -0.3 is 24.8 Å². The minimum Gasteiger partial charge on any atom is -0.493 e. The number of carbonyl (C=O) groups is 3. The zero-order valence-electron chi connectivity index (χ0n) is 18.7. The summed E-state index contributed by atoms with van der Waals surface area (Å²) in [5.41, 5.74) is 2.19. The van der Waals surface area contributed by atoms with Gasteiger partial charge >= 0.3 is 12.0 Å². The number of amides is 3. The average molecular weight is 486 g/mol. The Morgan fingerprint density at radius 2 is 1.94 bits per heavy atom. The molecule has 2 aliphatic rings. The zero-order chi connectivity index (χ0) is 24.2. The number of hydrogen-bond donors (Lipinski definition) is 2. The van der Waals surface area contributed by atoms with Crippen molar-refractivity contribution in [2.24, 2.45) is 0 Å². The third-order valence-corrected chi connectivity index (χ3v) is 6.04. The predicted octanol–water partition coefficient (Wildman–Crippen LogP) is 2.59. The smallest absolute Gasteiger partial charge is 0.338 e. The van der Waals surface area contributed by atoms with Gasteiger partial charge in [0.1, 0.15) is 13.2 Å². The van der Waals surface area contributed by atoms with Gasteiger partial charge in [0, 0.05) is 11.6 Å². The van der Waals surface area contributed by atoms with E-state index in [1.54, 1.807) is 44.6 Å². The van der Waals surface area contributed by atoms with E-state index in [1.165, 1.54) is 4.90 Å². The molecule has 2 heterocycles. The van der Waals surface area contributed by atoms with Crippen molar-refractivity contribution in [3.8, 4) is 11.5 Å². The van der Waals surface area contributed by atoms with Crippen LogP contribution in [0.5, 0.6) is 11.5 Å². The van der Waals surface area contributed by atoms with Gasteiger partial charge in [0.15, 0.2) is 11.5 Å². The van der Waals surface area contributed by atoms with Crippen LogP contribution in [-0.2, 0) is 20.7 Å². The van der Waals surface area contributed by atoms with Gasteiger partial charge in [0.2, 0.25) is 5.91 Å². The van der Waals surface area contributed by atoms with Crippen molar-refractivity contribution in [3.63, 3.8) is 0 Å². The summed E-state index contributed by atoms with van der Waals surface area (Å²) in [6, 6.07) is 11.2. The van der Waals surface area contributed by atoms with Crippen molar-refractivity contribution < 1.29 is 28.6 Å². The molecule has 0 bridgehead atoms. The zero-order valence-corrected chi connectivity index (χ0v) is 19.5. The Bertz CT molecular complexity index is 1170. The van der Waals surface area contributed by atoms with Crippen LogP contribution in [0.3, 0.4) is 0 Å². The molecule has 2 aromatic rings. The van der Waals surface area contributed by atoms with Crippen molar-refractivity contribution in [1.82, 2.24) is 15.5 Å². The Morgan fingerprint density at radius 1 is 1.18 bits per heavy atom. The molecule has 1 atom stereocenters. The Kier molecular flexibility index (Phi) is 6.93. The molecule has 0 spiro atoms. The highest BCUT2D eigenvalue weighted by Crippen LogP contribution is 2.37. The molecular weight excluding hydrogens is 462 g/mol. The molecule has 0 saturated heterocycles. The fraction of sp³-hybridized carbons (Fsp3) is 0.292. The van der Waals surface area contributed by atoms with E-state index in [4.69, 9.17) is 25.8 Å². The molecule has 34 heavy (non-hydrogen) atoms. The van der Waals surface area contributed by atoms with Crippen LogP contribution >= 0.6 is 11.6 Å². The first-order chi connectivity index (χ1) is 16.4. The molecule has 178 valence electrons. The molecule has 0 saturated carbocycles. The molecule has 0 fully saturated rings. The maximum absolute atomic E-state index is 12.9. The first-order valence-corrected chi connectivity index (χ1v) is 11.0. The number of esters is 1. The fourth-order valence-corrected chi connectivity index (χ4v) is 4.25. The van der Waals surface area contributed by atoms with Crippen LogP contribution in [0.25, 0.3) is 0 Å². The number of nitrogens with zero attached hydrogens (tertiary/aromatic N) is 1. The highest BCUT2D eigenvalue weighted by molar-refractivity contribution is 6.31. The van der Waals surface area contributed by atoms with Crippen LogP contribution in [0.2, 0.25) is 5.02 Å². The Hall–Kier alpha value is -3.72. The Morgan fingerprint density at radius 3 is 2.68 bits per heavy atom. The number of urea groups is 1. The number of ether oxygens (including phenoxy) is 3. The van der Waals surface area contributed by atoms with Crippen LogP contribution in [0.4, 0.5) is 4.79 Å². The number of rotatable bonds is 8. The second-order valence-electron chi connectivity index (χ2n) is 7.72. The summed E-state index contributed by atoms with van der Waals surface area (Å²) in [7, 11) is 3.12. The van der Waals surface area contributed by atoms with Crippen molar-refractivity contribution >= 4 is 29.5 Å². The van der Waals surface area contributed by atoms with Crippen LogP contribution in [-0.4, -0.2) is 56.7 Å². The molecule has 0 aromatic heterocycles. The van der Waals surface area contributed by atoms with Crippen molar-refractivity contribution in [3.05, 3.63) is 69.9 Å². The number of carbonyl (C=O) groups excluding carboxylic acids is 3. The molecule has 3 amide bonds. The maximum atomic E-state index is 12.9. The van der Waals surface area contributed by atoms with E-state index < -0.39 is 18.0 Å². The van der Waals surface area contributed by atoms with Crippen molar-refractivity contribution in [1.29, 1.82) is 0 Å². The summed E-state index contributed by atoms with van der Waals surface area (Å²) in [5.74, 6) is 0.324. The Labute approximate surface area is 201 Å². The number of benzene rings is 2. The second kappa shape index (κ2) is 10.0. The molecule has 2 aromatic carbocycles. The lowest BCUT2D eigenvalue weighted by atomic mass is 9.95. The molecule has 0 aliphatic carbocycles. The van der Waals surface area contributed by atoms with E-state index in [0.29, 0.717) is 40.7 Å². The van der Waals surface area contributed by atoms with Crippen LogP contribution in [0.1, 0.15) is 17.2 Å². The first-order valence-electron chi connectivity index (χ1n) is 10.6. The maximum Gasteiger partial charge on any atom is 0.338 e. The third-order valence-electron chi connectivity index (χ3n) is 5.70. The molecule has 2 N–H and O–H groups in total. The predicted molar refractivity (Wildman–Crippen MR) is 124 cm³/mol.